The van der Waals surface area contributed by atoms with Gasteiger partial charge in [-0.15, -0.1) is 0 Å². The highest BCUT2D eigenvalue weighted by Gasteiger charge is 2.65. The number of para-hydroxylation sites is 2. The van der Waals surface area contributed by atoms with Crippen molar-refractivity contribution in [3.8, 4) is 22.8 Å². The van der Waals surface area contributed by atoms with Gasteiger partial charge in [-0.1, -0.05) is 65.3 Å². The van der Waals surface area contributed by atoms with Crippen LogP contribution in [-0.4, -0.2) is 11.3 Å². The second-order valence-electron chi connectivity index (χ2n) is 7.09. The number of benzene rings is 3. The average molecular weight is 530 g/mol. The molecule has 0 aliphatic heterocycles. The fourth-order valence-corrected chi connectivity index (χ4v) is 5.03. The number of hydrogen-bond donors (Lipinski definition) is 0. The highest BCUT2D eigenvalue weighted by molar-refractivity contribution is 7.63. The molecule has 35 heavy (non-hydrogen) atoms. The van der Waals surface area contributed by atoms with E-state index in [2.05, 4.69) is 9.68 Å². The minimum atomic E-state index is -6.09. The van der Waals surface area contributed by atoms with Crippen molar-refractivity contribution in [2.24, 2.45) is 0 Å². The van der Waals surface area contributed by atoms with Crippen molar-refractivity contribution in [3.63, 3.8) is 0 Å². The summed E-state index contributed by atoms with van der Waals surface area (Å²) in [4.78, 5) is 0. The van der Waals surface area contributed by atoms with Crippen LogP contribution in [0, 0.1) is 0 Å². The van der Waals surface area contributed by atoms with Crippen LogP contribution in [-0.2, 0) is 10.5 Å². The first-order valence-corrected chi connectivity index (χ1v) is 11.7. The van der Waals surface area contributed by atoms with Crippen molar-refractivity contribution in [2.75, 3.05) is 0 Å². The maximum Gasteiger partial charge on any atom is 0.469 e. The zero-order valence-corrected chi connectivity index (χ0v) is 19.0. The first kappa shape index (κ1) is 24.8. The third kappa shape index (κ3) is 5.04. The lowest BCUT2D eigenvalue weighted by molar-refractivity contribution is -0.296. The van der Waals surface area contributed by atoms with Crippen LogP contribution in [0.15, 0.2) is 89.5 Å². The summed E-state index contributed by atoms with van der Waals surface area (Å²) in [6.45, 7) is 0. The Kier molecular flexibility index (Phi) is 6.62. The van der Waals surface area contributed by atoms with Crippen LogP contribution >= 0.6 is 19.2 Å². The van der Waals surface area contributed by atoms with Gasteiger partial charge in [-0.05, 0) is 36.4 Å². The monoisotopic (exact) mass is 529 g/mol. The van der Waals surface area contributed by atoms with Crippen LogP contribution in [0.4, 0.5) is 22.0 Å². The molecule has 182 valence electrons. The van der Waals surface area contributed by atoms with E-state index in [0.29, 0.717) is 0 Å². The summed E-state index contributed by atoms with van der Waals surface area (Å²) >= 11 is 5.86. The fourth-order valence-electron chi connectivity index (χ4n) is 3.02. The van der Waals surface area contributed by atoms with E-state index < -0.39 is 36.5 Å². The molecule has 3 aromatic carbocycles. The average Bonchev–Trinajstić information content (AvgIpc) is 3.27. The number of rotatable bonds is 7. The van der Waals surface area contributed by atoms with Gasteiger partial charge in [0.05, 0.1) is 0 Å². The van der Waals surface area contributed by atoms with Crippen molar-refractivity contribution in [1.29, 1.82) is 0 Å². The topological polar surface area (TPSA) is 61.6 Å². The van der Waals surface area contributed by atoms with Crippen molar-refractivity contribution < 1.29 is 40.1 Å². The molecule has 0 radical (unpaired) electrons. The lowest BCUT2D eigenvalue weighted by Crippen LogP contribution is -2.37. The van der Waals surface area contributed by atoms with Crippen molar-refractivity contribution in [3.05, 3.63) is 95.7 Å². The van der Waals surface area contributed by atoms with Gasteiger partial charge in [0.25, 0.3) is 0 Å². The molecule has 0 N–H and O–H groups in total. The Hall–Kier alpha value is -3.36. The van der Waals surface area contributed by atoms with Crippen LogP contribution in [0.25, 0.3) is 11.3 Å². The number of alkyl halides is 5. The van der Waals surface area contributed by atoms with Gasteiger partial charge in [0.1, 0.15) is 17.2 Å². The lowest BCUT2D eigenvalue weighted by atomic mass is 10.1. The molecule has 0 bridgehead atoms. The Bertz CT molecular complexity index is 1300. The zero-order valence-electron chi connectivity index (χ0n) is 17.4. The Balaban J connectivity index is 1.99. The predicted octanol–water partition coefficient (Wildman–Crippen LogP) is 7.63. The van der Waals surface area contributed by atoms with E-state index in [4.69, 9.17) is 20.6 Å². The molecule has 5 nitrogen and oxygen atoms in total. The molecule has 0 unspecified atom stereocenters. The minimum absolute atomic E-state index is 0.00840. The molecular formula is C23H14ClF5NO4P. The van der Waals surface area contributed by atoms with Gasteiger partial charge in [-0.25, -0.2) is 4.57 Å². The van der Waals surface area contributed by atoms with E-state index in [1.807, 2.05) is 0 Å². The molecule has 0 aliphatic rings. The van der Waals surface area contributed by atoms with Gasteiger partial charge in [-0.3, -0.25) is 0 Å². The number of halogens is 6. The maximum absolute atomic E-state index is 14.6. The van der Waals surface area contributed by atoms with Crippen molar-refractivity contribution in [2.45, 2.75) is 12.1 Å². The molecule has 0 amide bonds. The second kappa shape index (κ2) is 9.36. The van der Waals surface area contributed by atoms with Crippen LogP contribution in [0.1, 0.15) is 5.76 Å². The van der Waals surface area contributed by atoms with Crippen LogP contribution in [0.2, 0.25) is 5.02 Å². The molecule has 0 aliphatic carbocycles. The predicted molar refractivity (Wildman–Crippen MR) is 118 cm³/mol. The number of hydrogen-bond acceptors (Lipinski definition) is 5. The first-order valence-electron chi connectivity index (χ1n) is 9.82. The van der Waals surface area contributed by atoms with Gasteiger partial charge in [-0.2, -0.15) is 22.0 Å². The molecule has 1 aromatic heterocycles. The fraction of sp³-hybridized carbons (Fsp3) is 0.0870. The van der Waals surface area contributed by atoms with Gasteiger partial charge in [0.2, 0.25) is 5.76 Å². The van der Waals surface area contributed by atoms with E-state index >= 15 is 0 Å². The molecule has 0 saturated carbocycles. The Labute approximate surface area is 200 Å². The minimum Gasteiger partial charge on any atom is -0.413 e. The molecule has 0 spiro atoms. The van der Waals surface area contributed by atoms with E-state index in [-0.39, 0.29) is 22.1 Å². The van der Waals surface area contributed by atoms with E-state index in [0.717, 1.165) is 0 Å². The highest BCUT2D eigenvalue weighted by Crippen LogP contribution is 2.54. The maximum atomic E-state index is 14.6. The first-order chi connectivity index (χ1) is 16.5. The van der Waals surface area contributed by atoms with E-state index in [1.54, 1.807) is 12.1 Å². The Morgan fingerprint density at radius 2 is 1.26 bits per heavy atom. The summed E-state index contributed by atoms with van der Waals surface area (Å²) in [5.74, 6) is -7.81. The van der Waals surface area contributed by atoms with Crippen LogP contribution in [0.3, 0.4) is 0 Å². The molecule has 12 heteroatoms. The van der Waals surface area contributed by atoms with Crippen molar-refractivity contribution >= 4 is 24.5 Å². The molecule has 0 saturated heterocycles. The molecule has 0 fully saturated rings. The van der Waals surface area contributed by atoms with E-state index in [1.165, 1.54) is 72.8 Å². The largest absolute Gasteiger partial charge is 0.469 e. The summed E-state index contributed by atoms with van der Waals surface area (Å²) in [7, 11) is -5.06. The number of aromatic nitrogens is 1. The van der Waals surface area contributed by atoms with Crippen LogP contribution < -0.4 is 14.4 Å². The summed E-state index contributed by atoms with van der Waals surface area (Å²) < 4.78 is 99.1. The normalized spacial score (nSPS) is 12.4. The molecule has 4 aromatic rings. The molecule has 4 rings (SSSR count). The van der Waals surface area contributed by atoms with Gasteiger partial charge in [0.15, 0.2) is 5.30 Å². The Morgan fingerprint density at radius 1 is 0.771 bits per heavy atom. The Morgan fingerprint density at radius 3 is 1.71 bits per heavy atom. The smallest absolute Gasteiger partial charge is 0.413 e. The van der Waals surface area contributed by atoms with Gasteiger partial charge < -0.3 is 13.6 Å². The summed E-state index contributed by atoms with van der Waals surface area (Å²) in [5, 5.41) is 2.50. The van der Waals surface area contributed by atoms with Gasteiger partial charge >= 0.3 is 19.7 Å². The SMILES string of the molecule is O=P(Oc1ccccc1)(Oc1ccccc1)c1c(-c2ccc(Cl)cc2)noc1C(F)(F)C(F)(F)F. The third-order valence-electron chi connectivity index (χ3n) is 4.64. The van der Waals surface area contributed by atoms with Crippen molar-refractivity contribution in [1.82, 2.24) is 5.16 Å². The zero-order chi connectivity index (χ0) is 25.3. The molecular weight excluding hydrogens is 516 g/mol. The highest BCUT2D eigenvalue weighted by atomic mass is 35.5. The summed E-state index contributed by atoms with van der Waals surface area (Å²) in [6.07, 6.45) is -6.09. The summed E-state index contributed by atoms with van der Waals surface area (Å²) in [5.41, 5.74) is -0.596. The van der Waals surface area contributed by atoms with Crippen LogP contribution in [0.5, 0.6) is 11.5 Å². The number of nitrogens with zero attached hydrogens (tertiary/aromatic N) is 1. The summed E-state index contributed by atoms with van der Waals surface area (Å²) in [6, 6.07) is 19.7. The second-order valence-corrected chi connectivity index (χ2v) is 9.34. The molecule has 1 heterocycles. The lowest BCUT2D eigenvalue weighted by Gasteiger charge is -2.23. The standard InChI is InChI=1S/C23H14ClF5NO4P/c24-16-13-11-15(12-14-16)19-20(21(32-30-19)22(25,26)23(27,28)29)35(31,33-17-7-3-1-4-8-17)34-18-9-5-2-6-10-18/h1-14H. The quantitative estimate of drug-likeness (QED) is 0.182. The van der Waals surface area contributed by atoms with E-state index in [9.17, 15) is 26.5 Å². The molecule has 0 atom stereocenters. The third-order valence-corrected chi connectivity index (χ3v) is 6.75. The van der Waals surface area contributed by atoms with Gasteiger partial charge in [0, 0.05) is 10.6 Å².